The van der Waals surface area contributed by atoms with Crippen molar-refractivity contribution in [3.8, 4) is 0 Å². The van der Waals surface area contributed by atoms with E-state index in [-0.39, 0.29) is 0 Å². The standard InChI is InChI=1S/C11H16N6/c1-3-12-10-4-11(15-8-14-10)13-5-9-6-16-17(2)7-9/h4,6-8H,3,5H2,1-2H3,(H2,12,13,14,15). The highest BCUT2D eigenvalue weighted by molar-refractivity contribution is 5.46. The molecular formula is C11H16N6. The molecule has 0 amide bonds. The Hall–Kier alpha value is -2.11. The first kappa shape index (κ1) is 11.4. The summed E-state index contributed by atoms with van der Waals surface area (Å²) in [6, 6.07) is 1.89. The van der Waals surface area contributed by atoms with Gasteiger partial charge in [0.2, 0.25) is 0 Å². The van der Waals surface area contributed by atoms with Gasteiger partial charge in [0.15, 0.2) is 0 Å². The van der Waals surface area contributed by atoms with Gasteiger partial charge in [-0.05, 0) is 6.92 Å². The molecule has 2 aromatic heterocycles. The van der Waals surface area contributed by atoms with Gasteiger partial charge >= 0.3 is 0 Å². The van der Waals surface area contributed by atoms with E-state index < -0.39 is 0 Å². The fraction of sp³-hybridized carbons (Fsp3) is 0.364. The quantitative estimate of drug-likeness (QED) is 0.812. The van der Waals surface area contributed by atoms with Crippen molar-refractivity contribution < 1.29 is 0 Å². The summed E-state index contributed by atoms with van der Waals surface area (Å²) in [5.74, 6) is 1.64. The van der Waals surface area contributed by atoms with Crippen LogP contribution in [-0.2, 0) is 13.6 Å². The molecule has 2 N–H and O–H groups in total. The summed E-state index contributed by atoms with van der Waals surface area (Å²) in [5.41, 5.74) is 1.12. The molecule has 0 bridgehead atoms. The highest BCUT2D eigenvalue weighted by atomic mass is 15.2. The first-order valence-corrected chi connectivity index (χ1v) is 5.55. The van der Waals surface area contributed by atoms with Crippen molar-refractivity contribution >= 4 is 11.6 Å². The number of aromatic nitrogens is 4. The molecule has 0 atom stereocenters. The van der Waals surface area contributed by atoms with Crippen LogP contribution in [0.25, 0.3) is 0 Å². The molecule has 6 heteroatoms. The van der Waals surface area contributed by atoms with Crippen molar-refractivity contribution in [2.45, 2.75) is 13.5 Å². The summed E-state index contributed by atoms with van der Waals surface area (Å²) in [5, 5.41) is 10.5. The summed E-state index contributed by atoms with van der Waals surface area (Å²) >= 11 is 0. The highest BCUT2D eigenvalue weighted by Crippen LogP contribution is 2.09. The van der Waals surface area contributed by atoms with Gasteiger partial charge in [0.1, 0.15) is 18.0 Å². The molecule has 2 rings (SSSR count). The maximum absolute atomic E-state index is 4.15. The monoisotopic (exact) mass is 232 g/mol. The molecule has 90 valence electrons. The van der Waals surface area contributed by atoms with E-state index in [0.29, 0.717) is 6.54 Å². The van der Waals surface area contributed by atoms with Crippen LogP contribution >= 0.6 is 0 Å². The van der Waals surface area contributed by atoms with E-state index in [9.17, 15) is 0 Å². The topological polar surface area (TPSA) is 67.7 Å². The second-order valence-corrected chi connectivity index (χ2v) is 3.69. The zero-order valence-corrected chi connectivity index (χ0v) is 10.0. The van der Waals surface area contributed by atoms with Gasteiger partial charge in [0, 0.05) is 38.0 Å². The minimum absolute atomic E-state index is 0.705. The van der Waals surface area contributed by atoms with E-state index in [1.54, 1.807) is 11.0 Å². The van der Waals surface area contributed by atoms with Crippen molar-refractivity contribution in [3.05, 3.63) is 30.4 Å². The Kier molecular flexibility index (Phi) is 3.54. The molecule has 2 aromatic rings. The fourth-order valence-corrected chi connectivity index (χ4v) is 1.49. The van der Waals surface area contributed by atoms with Crippen LogP contribution in [0.15, 0.2) is 24.8 Å². The minimum Gasteiger partial charge on any atom is -0.370 e. The molecule has 2 heterocycles. The van der Waals surface area contributed by atoms with Gasteiger partial charge in [-0.1, -0.05) is 0 Å². The van der Waals surface area contributed by atoms with Crippen LogP contribution in [0.2, 0.25) is 0 Å². The average Bonchev–Trinajstić information content (AvgIpc) is 2.74. The molecule has 17 heavy (non-hydrogen) atoms. The summed E-state index contributed by atoms with van der Waals surface area (Å²) in [7, 11) is 1.90. The zero-order chi connectivity index (χ0) is 12.1. The lowest BCUT2D eigenvalue weighted by atomic mass is 10.3. The summed E-state index contributed by atoms with van der Waals surface area (Å²) in [4.78, 5) is 8.26. The molecule has 0 radical (unpaired) electrons. The smallest absolute Gasteiger partial charge is 0.131 e. The first-order valence-electron chi connectivity index (χ1n) is 5.55. The Morgan fingerprint density at radius 1 is 1.24 bits per heavy atom. The normalized spacial score (nSPS) is 10.2. The molecule has 0 saturated carbocycles. The number of nitrogens with one attached hydrogen (secondary N) is 2. The van der Waals surface area contributed by atoms with E-state index >= 15 is 0 Å². The van der Waals surface area contributed by atoms with Gasteiger partial charge in [-0.3, -0.25) is 4.68 Å². The van der Waals surface area contributed by atoms with Crippen molar-refractivity contribution in [2.24, 2.45) is 7.05 Å². The Bertz CT molecular complexity index is 478. The molecular weight excluding hydrogens is 216 g/mol. The van der Waals surface area contributed by atoms with Gasteiger partial charge in [-0.2, -0.15) is 5.10 Å². The molecule has 0 spiro atoms. The maximum atomic E-state index is 4.15. The lowest BCUT2D eigenvalue weighted by Gasteiger charge is -2.06. The van der Waals surface area contributed by atoms with Crippen LogP contribution in [0.1, 0.15) is 12.5 Å². The molecule has 0 aliphatic heterocycles. The summed E-state index contributed by atoms with van der Waals surface area (Å²) < 4.78 is 1.78. The van der Waals surface area contributed by atoms with Crippen LogP contribution in [0.4, 0.5) is 11.6 Å². The third-order valence-electron chi connectivity index (χ3n) is 2.26. The Balaban J connectivity index is 1.96. The largest absolute Gasteiger partial charge is 0.370 e. The third-order valence-corrected chi connectivity index (χ3v) is 2.26. The van der Waals surface area contributed by atoms with Crippen LogP contribution < -0.4 is 10.6 Å². The van der Waals surface area contributed by atoms with Crippen molar-refractivity contribution in [1.29, 1.82) is 0 Å². The highest BCUT2D eigenvalue weighted by Gasteiger charge is 1.99. The molecule has 0 aromatic carbocycles. The summed E-state index contributed by atoms with van der Waals surface area (Å²) in [6.07, 6.45) is 5.35. The number of nitrogens with zero attached hydrogens (tertiary/aromatic N) is 4. The second kappa shape index (κ2) is 5.29. The van der Waals surface area contributed by atoms with Crippen molar-refractivity contribution in [2.75, 3.05) is 17.2 Å². The first-order chi connectivity index (χ1) is 8.28. The van der Waals surface area contributed by atoms with Crippen molar-refractivity contribution in [3.63, 3.8) is 0 Å². The molecule has 0 saturated heterocycles. The Morgan fingerprint density at radius 2 is 2.00 bits per heavy atom. The van der Waals surface area contributed by atoms with E-state index in [2.05, 4.69) is 25.7 Å². The molecule has 0 aliphatic rings. The fourth-order valence-electron chi connectivity index (χ4n) is 1.49. The van der Waals surface area contributed by atoms with Crippen LogP contribution in [-0.4, -0.2) is 26.3 Å². The lowest BCUT2D eigenvalue weighted by molar-refractivity contribution is 0.767. The van der Waals surface area contributed by atoms with Crippen molar-refractivity contribution in [1.82, 2.24) is 19.7 Å². The van der Waals surface area contributed by atoms with Crippen LogP contribution in [0.5, 0.6) is 0 Å². The van der Waals surface area contributed by atoms with Gasteiger partial charge in [-0.25, -0.2) is 9.97 Å². The average molecular weight is 232 g/mol. The van der Waals surface area contributed by atoms with Gasteiger partial charge in [-0.15, -0.1) is 0 Å². The number of aryl methyl sites for hydroxylation is 1. The van der Waals surface area contributed by atoms with Gasteiger partial charge in [0.25, 0.3) is 0 Å². The van der Waals surface area contributed by atoms with E-state index in [1.165, 1.54) is 0 Å². The molecule has 6 nitrogen and oxygen atoms in total. The predicted molar refractivity (Wildman–Crippen MR) is 66.7 cm³/mol. The number of hydrogen-bond donors (Lipinski definition) is 2. The number of anilines is 2. The summed E-state index contributed by atoms with van der Waals surface area (Å²) in [6.45, 7) is 3.58. The predicted octanol–water partition coefficient (Wildman–Crippen LogP) is 1.25. The van der Waals surface area contributed by atoms with Gasteiger partial charge < -0.3 is 10.6 Å². The van der Waals surface area contributed by atoms with Crippen LogP contribution in [0.3, 0.4) is 0 Å². The second-order valence-electron chi connectivity index (χ2n) is 3.69. The number of hydrogen-bond acceptors (Lipinski definition) is 5. The third kappa shape index (κ3) is 3.17. The molecule has 0 aliphatic carbocycles. The molecule has 0 unspecified atom stereocenters. The minimum atomic E-state index is 0.705. The van der Waals surface area contributed by atoms with E-state index in [1.807, 2.05) is 32.4 Å². The van der Waals surface area contributed by atoms with Crippen LogP contribution in [0, 0.1) is 0 Å². The number of rotatable bonds is 5. The Labute approximate surface area is 100 Å². The molecule has 0 fully saturated rings. The van der Waals surface area contributed by atoms with Gasteiger partial charge in [0.05, 0.1) is 6.20 Å². The lowest BCUT2D eigenvalue weighted by Crippen LogP contribution is -2.04. The Morgan fingerprint density at radius 3 is 2.65 bits per heavy atom. The maximum Gasteiger partial charge on any atom is 0.131 e. The SMILES string of the molecule is CCNc1cc(NCc2cnn(C)c2)ncn1. The van der Waals surface area contributed by atoms with E-state index in [0.717, 1.165) is 23.7 Å². The van der Waals surface area contributed by atoms with E-state index in [4.69, 9.17) is 0 Å². The zero-order valence-electron chi connectivity index (χ0n) is 10.0.